The Morgan fingerprint density at radius 1 is 1.19 bits per heavy atom. The molecule has 0 fully saturated rings. The van der Waals surface area contributed by atoms with Gasteiger partial charge in [0.1, 0.15) is 5.75 Å². The fourth-order valence-corrected chi connectivity index (χ4v) is 3.29. The standard InChI is InChI=1S/C20H17N3O2S/c1-3-25-17-10-8-15(9-11-17)18-13(2)26-20(22-18)23-19(24)16-6-4-14(12-21)5-7-16/h4-11H,3H2,1-2H3,(H,22,23,24). The summed E-state index contributed by atoms with van der Waals surface area (Å²) in [6.07, 6.45) is 0. The number of hydrogen-bond acceptors (Lipinski definition) is 5. The Bertz CT molecular complexity index is 954. The molecule has 3 aromatic rings. The van der Waals surface area contributed by atoms with Crippen molar-refractivity contribution in [2.24, 2.45) is 0 Å². The van der Waals surface area contributed by atoms with E-state index in [1.807, 2.05) is 44.2 Å². The highest BCUT2D eigenvalue weighted by Crippen LogP contribution is 2.31. The monoisotopic (exact) mass is 363 g/mol. The van der Waals surface area contributed by atoms with E-state index in [0.29, 0.717) is 22.9 Å². The second-order valence-electron chi connectivity index (χ2n) is 5.52. The molecule has 0 aliphatic heterocycles. The molecule has 0 atom stereocenters. The van der Waals surface area contributed by atoms with Crippen LogP contribution in [0.1, 0.15) is 27.7 Å². The van der Waals surface area contributed by atoms with Gasteiger partial charge in [0, 0.05) is 16.0 Å². The fourth-order valence-electron chi connectivity index (χ4n) is 2.46. The predicted octanol–water partition coefficient (Wildman–Crippen LogP) is 4.64. The van der Waals surface area contributed by atoms with E-state index in [1.54, 1.807) is 24.3 Å². The van der Waals surface area contributed by atoms with Gasteiger partial charge in [-0.2, -0.15) is 5.26 Å². The van der Waals surface area contributed by atoms with Crippen LogP contribution in [-0.4, -0.2) is 17.5 Å². The number of benzene rings is 2. The van der Waals surface area contributed by atoms with Crippen molar-refractivity contribution in [1.29, 1.82) is 5.26 Å². The molecule has 0 saturated carbocycles. The summed E-state index contributed by atoms with van der Waals surface area (Å²) >= 11 is 1.43. The molecule has 5 nitrogen and oxygen atoms in total. The number of rotatable bonds is 5. The summed E-state index contributed by atoms with van der Waals surface area (Å²) in [6.45, 7) is 4.54. The number of hydrogen-bond donors (Lipinski definition) is 1. The molecule has 0 spiro atoms. The predicted molar refractivity (Wildman–Crippen MR) is 103 cm³/mol. The zero-order valence-electron chi connectivity index (χ0n) is 14.4. The first-order valence-electron chi connectivity index (χ1n) is 8.13. The summed E-state index contributed by atoms with van der Waals surface area (Å²) in [5.74, 6) is 0.569. The molecule has 6 heteroatoms. The Kier molecular flexibility index (Phi) is 5.30. The molecule has 1 heterocycles. The number of aryl methyl sites for hydroxylation is 1. The number of aromatic nitrogens is 1. The van der Waals surface area contributed by atoms with Crippen LogP contribution in [0.2, 0.25) is 0 Å². The summed E-state index contributed by atoms with van der Waals surface area (Å²) in [6, 6.07) is 16.3. The molecule has 0 aliphatic carbocycles. The Labute approximate surface area is 155 Å². The number of nitriles is 1. The Balaban J connectivity index is 1.77. The van der Waals surface area contributed by atoms with Gasteiger partial charge in [0.2, 0.25) is 0 Å². The van der Waals surface area contributed by atoms with Crippen molar-refractivity contribution < 1.29 is 9.53 Å². The van der Waals surface area contributed by atoms with Gasteiger partial charge in [-0.15, -0.1) is 11.3 Å². The number of nitrogens with zero attached hydrogens (tertiary/aromatic N) is 2. The number of amides is 1. The minimum atomic E-state index is -0.249. The minimum absolute atomic E-state index is 0.249. The first-order chi connectivity index (χ1) is 12.6. The van der Waals surface area contributed by atoms with Crippen LogP contribution >= 0.6 is 11.3 Å². The van der Waals surface area contributed by atoms with Gasteiger partial charge in [-0.25, -0.2) is 4.98 Å². The van der Waals surface area contributed by atoms with Crippen molar-refractivity contribution in [3.05, 3.63) is 64.5 Å². The lowest BCUT2D eigenvalue weighted by molar-refractivity contribution is 0.102. The third-order valence-electron chi connectivity index (χ3n) is 3.73. The number of nitrogens with one attached hydrogen (secondary N) is 1. The van der Waals surface area contributed by atoms with Gasteiger partial charge in [-0.1, -0.05) is 0 Å². The van der Waals surface area contributed by atoms with E-state index in [-0.39, 0.29) is 5.91 Å². The van der Waals surface area contributed by atoms with Crippen LogP contribution in [-0.2, 0) is 0 Å². The lowest BCUT2D eigenvalue weighted by Crippen LogP contribution is -2.11. The average molecular weight is 363 g/mol. The SMILES string of the molecule is CCOc1ccc(-c2nc(NC(=O)c3ccc(C#N)cc3)sc2C)cc1. The maximum atomic E-state index is 12.3. The average Bonchev–Trinajstić information content (AvgIpc) is 3.03. The van der Waals surface area contributed by atoms with E-state index < -0.39 is 0 Å². The number of ether oxygens (including phenoxy) is 1. The third kappa shape index (κ3) is 3.90. The zero-order valence-corrected chi connectivity index (χ0v) is 15.3. The third-order valence-corrected chi connectivity index (χ3v) is 4.62. The van der Waals surface area contributed by atoms with E-state index in [0.717, 1.165) is 21.9 Å². The smallest absolute Gasteiger partial charge is 0.257 e. The maximum Gasteiger partial charge on any atom is 0.257 e. The van der Waals surface area contributed by atoms with Crippen LogP contribution in [0.25, 0.3) is 11.3 Å². The summed E-state index contributed by atoms with van der Waals surface area (Å²) in [4.78, 5) is 17.9. The van der Waals surface area contributed by atoms with Gasteiger partial charge in [0.15, 0.2) is 5.13 Å². The topological polar surface area (TPSA) is 75.0 Å². The molecule has 1 amide bonds. The molecule has 0 radical (unpaired) electrons. The van der Waals surface area contributed by atoms with Gasteiger partial charge < -0.3 is 4.74 Å². The molecule has 1 aromatic heterocycles. The molecular weight excluding hydrogens is 346 g/mol. The molecule has 1 N–H and O–H groups in total. The molecular formula is C20H17N3O2S. The summed E-state index contributed by atoms with van der Waals surface area (Å²) < 4.78 is 5.46. The molecule has 0 saturated heterocycles. The first kappa shape index (κ1) is 17.6. The summed E-state index contributed by atoms with van der Waals surface area (Å²) in [5, 5.41) is 12.2. The second kappa shape index (κ2) is 7.81. The Morgan fingerprint density at radius 3 is 2.50 bits per heavy atom. The van der Waals surface area contributed by atoms with E-state index in [9.17, 15) is 4.79 Å². The van der Waals surface area contributed by atoms with Crippen LogP contribution in [0.5, 0.6) is 5.75 Å². The van der Waals surface area contributed by atoms with Crippen LogP contribution in [0.15, 0.2) is 48.5 Å². The van der Waals surface area contributed by atoms with Crippen molar-refractivity contribution >= 4 is 22.4 Å². The maximum absolute atomic E-state index is 12.3. The summed E-state index contributed by atoms with van der Waals surface area (Å²) in [5.41, 5.74) is 2.82. The first-order valence-corrected chi connectivity index (χ1v) is 8.94. The molecule has 0 unspecified atom stereocenters. The number of carbonyl (C=O) groups is 1. The van der Waals surface area contributed by atoms with Crippen molar-refractivity contribution in [3.8, 4) is 23.1 Å². The van der Waals surface area contributed by atoms with Gasteiger partial charge >= 0.3 is 0 Å². The number of thiazole rings is 1. The Hall–Kier alpha value is -3.17. The molecule has 26 heavy (non-hydrogen) atoms. The number of carbonyl (C=O) groups excluding carboxylic acids is 1. The van der Waals surface area contributed by atoms with Crippen molar-refractivity contribution in [1.82, 2.24) is 4.98 Å². The minimum Gasteiger partial charge on any atom is -0.494 e. The second-order valence-corrected chi connectivity index (χ2v) is 6.73. The van der Waals surface area contributed by atoms with Crippen LogP contribution in [0, 0.1) is 18.3 Å². The lowest BCUT2D eigenvalue weighted by atomic mass is 10.1. The highest BCUT2D eigenvalue weighted by atomic mass is 32.1. The van der Waals surface area contributed by atoms with E-state index >= 15 is 0 Å². The normalized spacial score (nSPS) is 10.2. The number of anilines is 1. The van der Waals surface area contributed by atoms with Gasteiger partial charge in [0.25, 0.3) is 5.91 Å². The van der Waals surface area contributed by atoms with Crippen molar-refractivity contribution in [3.63, 3.8) is 0 Å². The molecule has 2 aromatic carbocycles. The van der Waals surface area contributed by atoms with Crippen molar-refractivity contribution in [2.45, 2.75) is 13.8 Å². The highest BCUT2D eigenvalue weighted by Gasteiger charge is 2.13. The van der Waals surface area contributed by atoms with Crippen LogP contribution in [0.3, 0.4) is 0 Å². The summed E-state index contributed by atoms with van der Waals surface area (Å²) in [7, 11) is 0. The molecule has 3 rings (SSSR count). The van der Waals surface area contributed by atoms with Crippen LogP contribution in [0.4, 0.5) is 5.13 Å². The molecule has 0 aliphatic rings. The zero-order chi connectivity index (χ0) is 18.5. The van der Waals surface area contributed by atoms with Gasteiger partial charge in [-0.3, -0.25) is 10.1 Å². The van der Waals surface area contributed by atoms with E-state index in [1.165, 1.54) is 11.3 Å². The molecule has 130 valence electrons. The van der Waals surface area contributed by atoms with E-state index in [4.69, 9.17) is 10.00 Å². The van der Waals surface area contributed by atoms with Gasteiger partial charge in [-0.05, 0) is 62.4 Å². The molecule has 0 bridgehead atoms. The fraction of sp³-hybridized carbons (Fsp3) is 0.150. The van der Waals surface area contributed by atoms with Crippen molar-refractivity contribution in [2.75, 3.05) is 11.9 Å². The van der Waals surface area contributed by atoms with Crippen LogP contribution < -0.4 is 10.1 Å². The van der Waals surface area contributed by atoms with E-state index in [2.05, 4.69) is 10.3 Å². The Morgan fingerprint density at radius 2 is 1.88 bits per heavy atom. The largest absolute Gasteiger partial charge is 0.494 e. The quantitative estimate of drug-likeness (QED) is 0.716. The lowest BCUT2D eigenvalue weighted by Gasteiger charge is -2.04. The highest BCUT2D eigenvalue weighted by molar-refractivity contribution is 7.16. The van der Waals surface area contributed by atoms with Gasteiger partial charge in [0.05, 0.1) is 23.9 Å².